The molecule has 1 aliphatic carbocycles. The number of benzene rings is 4. The number of hydrogen-bond donors (Lipinski definition) is 0. The number of fused-ring (bicyclic) bond motifs is 5. The topological polar surface area (TPSA) is 63.7 Å². The van der Waals surface area contributed by atoms with Crippen molar-refractivity contribution in [3.63, 3.8) is 0 Å². The van der Waals surface area contributed by atoms with Crippen molar-refractivity contribution in [3.05, 3.63) is 137 Å². The summed E-state index contributed by atoms with van der Waals surface area (Å²) in [6.45, 7) is 1.98. The predicted octanol–water partition coefficient (Wildman–Crippen LogP) is 6.32. The molecule has 1 saturated heterocycles. The predicted molar refractivity (Wildman–Crippen MR) is 154 cm³/mol. The van der Waals surface area contributed by atoms with E-state index in [0.717, 1.165) is 22.4 Å². The molecule has 1 fully saturated rings. The molecule has 0 aromatic heterocycles. The standard InChI is InChI=1S/C35H27NO4/c1-21-11-13-24(14-12-21)32(37)31-30(23-15-18-25(40-2)19-16-23)35(33(38)26-8-4-5-9-27(26)34(35)39)29-20-17-22-7-3-6-10-28(22)36(29)31/h3-20,29-31H,1-2H3/t29-,30+,31+/m0/s1. The van der Waals surface area contributed by atoms with Gasteiger partial charge in [0.15, 0.2) is 17.3 Å². The number of hydrogen-bond acceptors (Lipinski definition) is 5. The van der Waals surface area contributed by atoms with Crippen LogP contribution < -0.4 is 9.64 Å². The Labute approximate surface area is 232 Å². The molecule has 0 radical (unpaired) electrons. The van der Waals surface area contributed by atoms with Crippen LogP contribution >= 0.6 is 0 Å². The van der Waals surface area contributed by atoms with Crippen LogP contribution in [0.2, 0.25) is 0 Å². The molecule has 1 spiro atoms. The molecule has 40 heavy (non-hydrogen) atoms. The number of methoxy groups -OCH3 is 1. The van der Waals surface area contributed by atoms with Gasteiger partial charge in [-0.05, 0) is 36.2 Å². The molecule has 2 heterocycles. The zero-order chi connectivity index (χ0) is 27.6. The van der Waals surface area contributed by atoms with E-state index in [1.807, 2.05) is 96.8 Å². The van der Waals surface area contributed by atoms with Gasteiger partial charge in [0.2, 0.25) is 0 Å². The van der Waals surface area contributed by atoms with Gasteiger partial charge in [-0.1, -0.05) is 96.6 Å². The van der Waals surface area contributed by atoms with Crippen LogP contribution in [0.15, 0.2) is 103 Å². The van der Waals surface area contributed by atoms with Crippen LogP contribution in [0.25, 0.3) is 6.08 Å². The third kappa shape index (κ3) is 3.18. The summed E-state index contributed by atoms with van der Waals surface area (Å²) in [5, 5.41) is 0. The summed E-state index contributed by atoms with van der Waals surface area (Å²) in [5.41, 5.74) is 3.46. The van der Waals surface area contributed by atoms with Gasteiger partial charge in [0, 0.05) is 28.3 Å². The van der Waals surface area contributed by atoms with Crippen LogP contribution in [0.1, 0.15) is 53.7 Å². The Morgan fingerprint density at radius 1 is 0.800 bits per heavy atom. The van der Waals surface area contributed by atoms with Gasteiger partial charge in [-0.3, -0.25) is 14.4 Å². The van der Waals surface area contributed by atoms with E-state index in [-0.39, 0.29) is 17.3 Å². The lowest BCUT2D eigenvalue weighted by Gasteiger charge is -2.37. The van der Waals surface area contributed by atoms with Crippen LogP contribution in [0.5, 0.6) is 5.75 Å². The summed E-state index contributed by atoms with van der Waals surface area (Å²) in [6.07, 6.45) is 3.93. The fourth-order valence-electron chi connectivity index (χ4n) is 6.99. The molecular formula is C35H27NO4. The summed E-state index contributed by atoms with van der Waals surface area (Å²) in [6, 6.07) is 28.4. The maximum Gasteiger partial charge on any atom is 0.185 e. The van der Waals surface area contributed by atoms with Gasteiger partial charge in [0.25, 0.3) is 0 Å². The maximum atomic E-state index is 14.6. The van der Waals surface area contributed by atoms with E-state index in [4.69, 9.17) is 4.74 Å². The lowest BCUT2D eigenvalue weighted by molar-refractivity contribution is 0.0666. The molecule has 3 atom stereocenters. The van der Waals surface area contributed by atoms with Gasteiger partial charge in [-0.15, -0.1) is 0 Å². The van der Waals surface area contributed by atoms with Crippen molar-refractivity contribution >= 4 is 29.1 Å². The van der Waals surface area contributed by atoms with Crippen LogP contribution in [0.4, 0.5) is 5.69 Å². The lowest BCUT2D eigenvalue weighted by Crippen LogP contribution is -2.48. The van der Waals surface area contributed by atoms with Gasteiger partial charge in [-0.25, -0.2) is 0 Å². The van der Waals surface area contributed by atoms with E-state index in [1.165, 1.54) is 0 Å². The molecule has 0 amide bonds. The summed E-state index contributed by atoms with van der Waals surface area (Å²) >= 11 is 0. The van der Waals surface area contributed by atoms with Crippen molar-refractivity contribution < 1.29 is 19.1 Å². The van der Waals surface area contributed by atoms with Crippen LogP contribution in [-0.2, 0) is 0 Å². The highest BCUT2D eigenvalue weighted by Gasteiger charge is 2.71. The number of ether oxygens (including phenoxy) is 1. The average Bonchev–Trinajstić information content (AvgIpc) is 3.43. The van der Waals surface area contributed by atoms with Gasteiger partial charge in [0.05, 0.1) is 13.2 Å². The van der Waals surface area contributed by atoms with Crippen LogP contribution in [0, 0.1) is 12.3 Å². The molecule has 4 aromatic carbocycles. The third-order valence-corrected chi connectivity index (χ3v) is 8.79. The first-order valence-electron chi connectivity index (χ1n) is 13.5. The zero-order valence-corrected chi connectivity index (χ0v) is 22.2. The summed E-state index contributed by atoms with van der Waals surface area (Å²) < 4.78 is 5.42. The Kier molecular flexibility index (Phi) is 5.39. The van der Waals surface area contributed by atoms with Crippen LogP contribution in [-0.4, -0.2) is 36.5 Å². The number of Topliss-reactive ketones (excluding diaryl/α,β-unsaturated/α-hetero) is 3. The SMILES string of the molecule is COc1ccc([C@@H]2[C@H](C(=O)c3ccc(C)cc3)N3c4ccccc4C=C[C@H]3C23C(=O)c2ccccc2C3=O)cc1. The number of nitrogens with zero attached hydrogens (tertiary/aromatic N) is 1. The van der Waals surface area contributed by atoms with Gasteiger partial charge in [0.1, 0.15) is 17.2 Å². The van der Waals surface area contributed by atoms with E-state index < -0.39 is 23.4 Å². The Morgan fingerprint density at radius 2 is 1.43 bits per heavy atom. The Morgan fingerprint density at radius 3 is 2.08 bits per heavy atom. The molecule has 0 bridgehead atoms. The first kappa shape index (κ1) is 24.3. The lowest BCUT2D eigenvalue weighted by atomic mass is 9.64. The summed E-state index contributed by atoms with van der Waals surface area (Å²) in [5.74, 6) is -0.656. The Balaban J connectivity index is 1.53. The van der Waals surface area contributed by atoms with Crippen molar-refractivity contribution in [1.29, 1.82) is 0 Å². The fraction of sp³-hybridized carbons (Fsp3) is 0.171. The number of anilines is 1. The Bertz CT molecular complexity index is 1680. The largest absolute Gasteiger partial charge is 0.497 e. The van der Waals surface area contributed by atoms with Crippen LogP contribution in [0.3, 0.4) is 0 Å². The fourth-order valence-corrected chi connectivity index (χ4v) is 6.99. The molecule has 7 rings (SSSR count). The van der Waals surface area contributed by atoms with Crippen molar-refractivity contribution in [2.45, 2.75) is 24.9 Å². The molecular weight excluding hydrogens is 498 g/mol. The second-order valence-electron chi connectivity index (χ2n) is 10.8. The minimum atomic E-state index is -1.51. The molecule has 5 nitrogen and oxygen atoms in total. The monoisotopic (exact) mass is 525 g/mol. The molecule has 2 aliphatic heterocycles. The minimum Gasteiger partial charge on any atom is -0.497 e. The first-order chi connectivity index (χ1) is 19.5. The third-order valence-electron chi connectivity index (χ3n) is 8.79. The molecule has 0 unspecified atom stereocenters. The van der Waals surface area contributed by atoms with E-state index in [2.05, 4.69) is 0 Å². The smallest absolute Gasteiger partial charge is 0.185 e. The highest BCUT2D eigenvalue weighted by Crippen LogP contribution is 2.61. The number of rotatable bonds is 4. The van der Waals surface area contributed by atoms with E-state index in [0.29, 0.717) is 22.4 Å². The molecule has 4 aromatic rings. The zero-order valence-electron chi connectivity index (χ0n) is 22.2. The highest BCUT2D eigenvalue weighted by molar-refractivity contribution is 6.32. The average molecular weight is 526 g/mol. The maximum absolute atomic E-state index is 14.6. The van der Waals surface area contributed by atoms with Crippen molar-refractivity contribution in [3.8, 4) is 5.75 Å². The summed E-state index contributed by atoms with van der Waals surface area (Å²) in [4.78, 5) is 46.0. The minimum absolute atomic E-state index is 0.121. The second-order valence-corrected chi connectivity index (χ2v) is 10.8. The van der Waals surface area contributed by atoms with Crippen molar-refractivity contribution in [1.82, 2.24) is 0 Å². The van der Waals surface area contributed by atoms with E-state index in [1.54, 1.807) is 31.4 Å². The highest BCUT2D eigenvalue weighted by atomic mass is 16.5. The first-order valence-corrected chi connectivity index (χ1v) is 13.5. The number of para-hydroxylation sites is 1. The summed E-state index contributed by atoms with van der Waals surface area (Å²) in [7, 11) is 1.60. The van der Waals surface area contributed by atoms with E-state index in [9.17, 15) is 14.4 Å². The molecule has 0 N–H and O–H groups in total. The van der Waals surface area contributed by atoms with Crippen molar-refractivity contribution in [2.75, 3.05) is 12.0 Å². The number of carbonyl (C=O) groups is 3. The number of ketones is 3. The molecule has 3 aliphatic rings. The normalized spacial score (nSPS) is 21.8. The molecule has 5 heteroatoms. The Hall–Kier alpha value is -4.77. The van der Waals surface area contributed by atoms with Gasteiger partial charge < -0.3 is 9.64 Å². The molecule has 0 saturated carbocycles. The van der Waals surface area contributed by atoms with Gasteiger partial charge in [-0.2, -0.15) is 0 Å². The van der Waals surface area contributed by atoms with Crippen molar-refractivity contribution in [2.24, 2.45) is 5.41 Å². The van der Waals surface area contributed by atoms with E-state index >= 15 is 0 Å². The number of carbonyl (C=O) groups excluding carboxylic acids is 3. The van der Waals surface area contributed by atoms with Gasteiger partial charge >= 0.3 is 0 Å². The molecule has 196 valence electrons. The number of aryl methyl sites for hydroxylation is 1. The second kappa shape index (κ2) is 8.88. The quantitative estimate of drug-likeness (QED) is 0.231.